The van der Waals surface area contributed by atoms with Crippen LogP contribution in [0.5, 0.6) is 0 Å². The summed E-state index contributed by atoms with van der Waals surface area (Å²) in [6.45, 7) is 2.06. The number of anilines is 2. The van der Waals surface area contributed by atoms with Crippen LogP contribution in [0.2, 0.25) is 10.0 Å². The van der Waals surface area contributed by atoms with Gasteiger partial charge in [0, 0.05) is 22.2 Å². The summed E-state index contributed by atoms with van der Waals surface area (Å²) in [5.41, 5.74) is 2.23. The van der Waals surface area contributed by atoms with Gasteiger partial charge >= 0.3 is 0 Å². The average Bonchev–Trinajstić information content (AvgIpc) is 2.93. The van der Waals surface area contributed by atoms with E-state index in [9.17, 15) is 14.4 Å². The Kier molecular flexibility index (Phi) is 6.65. The highest BCUT2D eigenvalue weighted by molar-refractivity contribution is 8.01. The summed E-state index contributed by atoms with van der Waals surface area (Å²) in [5, 5.41) is 2.86. The number of imide groups is 1. The lowest BCUT2D eigenvalue weighted by Crippen LogP contribution is -2.31. The van der Waals surface area contributed by atoms with Gasteiger partial charge in [0.1, 0.15) is 0 Å². The summed E-state index contributed by atoms with van der Waals surface area (Å²) < 4.78 is 0. The Morgan fingerprint density at radius 1 is 1.14 bits per heavy atom. The van der Waals surface area contributed by atoms with Crippen molar-refractivity contribution in [2.24, 2.45) is 0 Å². The van der Waals surface area contributed by atoms with Gasteiger partial charge in [-0.15, -0.1) is 11.8 Å². The van der Waals surface area contributed by atoms with Crippen LogP contribution >= 0.6 is 35.0 Å². The molecule has 0 radical (unpaired) electrons. The minimum Gasteiger partial charge on any atom is -0.325 e. The standard InChI is InChI=1S/C20H18Cl2N2O3S/c1-2-12-3-5-15(6-4-12)23-18(25)11-28-17-10-19(26)24(20(17)27)16-8-13(21)7-14(22)9-16/h3-9,17H,2,10-11H2,1H3,(H,23,25)/t17-/m0/s1. The molecule has 0 unspecified atom stereocenters. The van der Waals surface area contributed by atoms with Crippen molar-refractivity contribution in [3.63, 3.8) is 0 Å². The predicted octanol–water partition coefficient (Wildman–Crippen LogP) is 4.56. The third-order valence-corrected chi connectivity index (χ3v) is 5.91. The quantitative estimate of drug-likeness (QED) is 0.673. The number of rotatable bonds is 6. The van der Waals surface area contributed by atoms with Crippen LogP contribution in [-0.2, 0) is 20.8 Å². The number of thioether (sulfide) groups is 1. The molecule has 2 aromatic rings. The molecule has 0 aliphatic carbocycles. The molecule has 1 saturated heterocycles. The molecule has 1 aliphatic rings. The van der Waals surface area contributed by atoms with E-state index >= 15 is 0 Å². The molecule has 2 aromatic carbocycles. The summed E-state index contributed by atoms with van der Waals surface area (Å²) in [5.74, 6) is -0.854. The maximum atomic E-state index is 12.6. The summed E-state index contributed by atoms with van der Waals surface area (Å²) in [4.78, 5) is 38.2. The molecule has 1 aliphatic heterocycles. The predicted molar refractivity (Wildman–Crippen MR) is 114 cm³/mol. The molecule has 3 amide bonds. The second-order valence-corrected chi connectivity index (χ2v) is 8.36. The first-order valence-electron chi connectivity index (χ1n) is 8.70. The molecule has 0 spiro atoms. The van der Waals surface area contributed by atoms with Crippen LogP contribution in [0, 0.1) is 0 Å². The Hall–Kier alpha value is -2.02. The smallest absolute Gasteiger partial charge is 0.247 e. The zero-order valence-electron chi connectivity index (χ0n) is 15.1. The number of aryl methyl sites for hydroxylation is 1. The molecule has 8 heteroatoms. The van der Waals surface area contributed by atoms with E-state index in [1.165, 1.54) is 23.8 Å². The number of carbonyl (C=O) groups excluding carboxylic acids is 3. The highest BCUT2D eigenvalue weighted by atomic mass is 35.5. The van der Waals surface area contributed by atoms with Gasteiger partial charge in [-0.1, -0.05) is 42.3 Å². The number of hydrogen-bond donors (Lipinski definition) is 1. The Labute approximate surface area is 177 Å². The number of benzene rings is 2. The second kappa shape index (κ2) is 8.99. The minimum atomic E-state index is -0.613. The van der Waals surface area contributed by atoms with Crippen LogP contribution in [0.25, 0.3) is 0 Å². The first kappa shape index (κ1) is 20.7. The molecule has 0 aromatic heterocycles. The van der Waals surface area contributed by atoms with E-state index in [1.807, 2.05) is 24.3 Å². The first-order chi connectivity index (χ1) is 13.4. The van der Waals surface area contributed by atoms with Crippen LogP contribution in [0.4, 0.5) is 11.4 Å². The fourth-order valence-corrected chi connectivity index (χ4v) is 4.32. The maximum Gasteiger partial charge on any atom is 0.247 e. The van der Waals surface area contributed by atoms with E-state index in [2.05, 4.69) is 12.2 Å². The van der Waals surface area contributed by atoms with Crippen molar-refractivity contribution >= 4 is 64.1 Å². The lowest BCUT2D eigenvalue weighted by atomic mass is 10.1. The summed E-state index contributed by atoms with van der Waals surface area (Å²) in [7, 11) is 0. The van der Waals surface area contributed by atoms with Gasteiger partial charge in [0.05, 0.1) is 16.7 Å². The minimum absolute atomic E-state index is 0.0338. The molecular weight excluding hydrogens is 419 g/mol. The van der Waals surface area contributed by atoms with Gasteiger partial charge in [0.15, 0.2) is 0 Å². The van der Waals surface area contributed by atoms with Gasteiger partial charge in [-0.3, -0.25) is 14.4 Å². The zero-order chi connectivity index (χ0) is 20.3. The number of nitrogens with zero attached hydrogens (tertiary/aromatic N) is 1. The summed E-state index contributed by atoms with van der Waals surface area (Å²) >= 11 is 13.1. The molecule has 0 bridgehead atoms. The van der Waals surface area contributed by atoms with Crippen molar-refractivity contribution in [2.45, 2.75) is 25.0 Å². The Balaban J connectivity index is 1.59. The fraction of sp³-hybridized carbons (Fsp3) is 0.250. The molecule has 5 nitrogen and oxygen atoms in total. The van der Waals surface area contributed by atoms with Gasteiger partial charge in [-0.05, 0) is 42.3 Å². The molecule has 0 saturated carbocycles. The van der Waals surface area contributed by atoms with E-state index in [0.717, 1.165) is 23.1 Å². The zero-order valence-corrected chi connectivity index (χ0v) is 17.4. The SMILES string of the molecule is CCc1ccc(NC(=O)CS[C@H]2CC(=O)N(c3cc(Cl)cc(Cl)c3)C2=O)cc1. The molecule has 1 fully saturated rings. The van der Waals surface area contributed by atoms with Crippen LogP contribution in [0.1, 0.15) is 18.9 Å². The molecular formula is C20H18Cl2N2O3S. The van der Waals surface area contributed by atoms with Crippen molar-refractivity contribution in [3.05, 3.63) is 58.1 Å². The highest BCUT2D eigenvalue weighted by Crippen LogP contribution is 2.33. The van der Waals surface area contributed by atoms with E-state index < -0.39 is 5.25 Å². The van der Waals surface area contributed by atoms with Gasteiger partial charge in [0.25, 0.3) is 0 Å². The van der Waals surface area contributed by atoms with Gasteiger partial charge < -0.3 is 5.32 Å². The van der Waals surface area contributed by atoms with Gasteiger partial charge in [0.2, 0.25) is 17.7 Å². The molecule has 1 heterocycles. The van der Waals surface area contributed by atoms with E-state index in [1.54, 1.807) is 0 Å². The van der Waals surface area contributed by atoms with E-state index in [4.69, 9.17) is 23.2 Å². The number of carbonyl (C=O) groups is 3. The average molecular weight is 437 g/mol. The molecule has 28 heavy (non-hydrogen) atoms. The lowest BCUT2D eigenvalue weighted by Gasteiger charge is -2.15. The van der Waals surface area contributed by atoms with E-state index in [-0.39, 0.29) is 29.9 Å². The van der Waals surface area contributed by atoms with Crippen molar-refractivity contribution in [3.8, 4) is 0 Å². The van der Waals surface area contributed by atoms with Crippen LogP contribution < -0.4 is 10.2 Å². The Morgan fingerprint density at radius 2 is 1.79 bits per heavy atom. The molecule has 146 valence electrons. The lowest BCUT2D eigenvalue weighted by molar-refractivity contribution is -0.121. The van der Waals surface area contributed by atoms with Crippen molar-refractivity contribution in [1.82, 2.24) is 0 Å². The monoisotopic (exact) mass is 436 g/mol. The van der Waals surface area contributed by atoms with Crippen LogP contribution in [0.15, 0.2) is 42.5 Å². The van der Waals surface area contributed by atoms with Crippen LogP contribution in [0.3, 0.4) is 0 Å². The summed E-state index contributed by atoms with van der Waals surface area (Å²) in [6.07, 6.45) is 0.961. The number of hydrogen-bond acceptors (Lipinski definition) is 4. The third kappa shape index (κ3) is 4.87. The Morgan fingerprint density at radius 3 is 2.39 bits per heavy atom. The van der Waals surface area contributed by atoms with Gasteiger partial charge in [-0.25, -0.2) is 4.90 Å². The first-order valence-corrected chi connectivity index (χ1v) is 10.5. The second-order valence-electron chi connectivity index (χ2n) is 6.30. The van der Waals surface area contributed by atoms with E-state index in [0.29, 0.717) is 21.4 Å². The van der Waals surface area contributed by atoms with Crippen molar-refractivity contribution in [2.75, 3.05) is 16.0 Å². The molecule has 1 atom stereocenters. The van der Waals surface area contributed by atoms with Crippen molar-refractivity contribution in [1.29, 1.82) is 0 Å². The number of nitrogens with one attached hydrogen (secondary N) is 1. The normalized spacial score (nSPS) is 16.5. The largest absolute Gasteiger partial charge is 0.325 e. The summed E-state index contributed by atoms with van der Waals surface area (Å²) in [6, 6.07) is 12.2. The van der Waals surface area contributed by atoms with Gasteiger partial charge in [-0.2, -0.15) is 0 Å². The third-order valence-electron chi connectivity index (χ3n) is 4.27. The fourth-order valence-electron chi connectivity index (χ4n) is 2.87. The molecule has 3 rings (SSSR count). The number of amides is 3. The molecule has 1 N–H and O–H groups in total. The Bertz CT molecular complexity index is 898. The highest BCUT2D eigenvalue weighted by Gasteiger charge is 2.40. The maximum absolute atomic E-state index is 12.6. The van der Waals surface area contributed by atoms with Crippen LogP contribution in [-0.4, -0.2) is 28.7 Å². The topological polar surface area (TPSA) is 66.5 Å². The number of halogens is 2. The van der Waals surface area contributed by atoms with Crippen molar-refractivity contribution < 1.29 is 14.4 Å².